The molecule has 0 bridgehead atoms. The van der Waals surface area contributed by atoms with Crippen molar-refractivity contribution in [3.63, 3.8) is 0 Å². The van der Waals surface area contributed by atoms with Gasteiger partial charge in [-0.25, -0.2) is 4.79 Å². The van der Waals surface area contributed by atoms with Crippen molar-refractivity contribution in [2.45, 2.75) is 18.8 Å². The molecule has 1 saturated heterocycles. The molecule has 2 aromatic rings. The van der Waals surface area contributed by atoms with Crippen LogP contribution in [0.25, 0.3) is 11.1 Å². The van der Waals surface area contributed by atoms with E-state index in [2.05, 4.69) is 30.2 Å². The van der Waals surface area contributed by atoms with Crippen LogP contribution in [0.15, 0.2) is 48.5 Å². The van der Waals surface area contributed by atoms with Gasteiger partial charge in [0.25, 0.3) is 0 Å². The minimum atomic E-state index is -0.838. The highest BCUT2D eigenvalue weighted by Crippen LogP contribution is 2.44. The quantitative estimate of drug-likeness (QED) is 0.589. The van der Waals surface area contributed by atoms with Crippen molar-refractivity contribution in [2.75, 3.05) is 26.8 Å². The monoisotopic (exact) mass is 389 g/mol. The van der Waals surface area contributed by atoms with Gasteiger partial charge < -0.3 is 14.4 Å². The Hall–Kier alpha value is -3.26. The van der Waals surface area contributed by atoms with Gasteiger partial charge in [-0.2, -0.15) is 0 Å². The molecule has 1 amide bonds. The second kappa shape index (κ2) is 7.63. The molecular weight excluding hydrogens is 366 g/mol. The Kier molecular flexibility index (Phi) is 5.02. The Bertz CT molecular complexity index is 947. The predicted octanol–water partition coefficient (Wildman–Crippen LogP) is 3.82. The molecular formula is C24H23NO4. The van der Waals surface area contributed by atoms with E-state index in [9.17, 15) is 9.59 Å². The van der Waals surface area contributed by atoms with E-state index in [-0.39, 0.29) is 31.5 Å². The topological polar surface area (TPSA) is 55.8 Å². The summed E-state index contributed by atoms with van der Waals surface area (Å²) < 4.78 is 10.6. The van der Waals surface area contributed by atoms with E-state index >= 15 is 0 Å². The van der Waals surface area contributed by atoms with Gasteiger partial charge in [0.1, 0.15) is 6.61 Å². The lowest BCUT2D eigenvalue weighted by Gasteiger charge is -2.24. The number of terminal acetylenes is 1. The summed E-state index contributed by atoms with van der Waals surface area (Å²) in [4.78, 5) is 26.5. The van der Waals surface area contributed by atoms with Crippen molar-refractivity contribution >= 4 is 12.1 Å². The fourth-order valence-electron chi connectivity index (χ4n) is 4.51. The zero-order valence-electron chi connectivity index (χ0n) is 16.4. The summed E-state index contributed by atoms with van der Waals surface area (Å²) in [5.74, 6) is 2.18. The first-order chi connectivity index (χ1) is 14.1. The van der Waals surface area contributed by atoms with E-state index in [1.165, 1.54) is 29.4 Å². The maximum absolute atomic E-state index is 12.7. The number of benzene rings is 2. The molecule has 0 aromatic heterocycles. The molecule has 29 heavy (non-hydrogen) atoms. The van der Waals surface area contributed by atoms with E-state index in [1.54, 1.807) is 4.90 Å². The van der Waals surface area contributed by atoms with Crippen molar-refractivity contribution in [3.8, 4) is 23.5 Å². The van der Waals surface area contributed by atoms with Gasteiger partial charge in [-0.1, -0.05) is 48.5 Å². The highest BCUT2D eigenvalue weighted by Gasteiger charge is 2.47. The van der Waals surface area contributed by atoms with Crippen molar-refractivity contribution < 1.29 is 19.1 Å². The molecule has 1 heterocycles. The van der Waals surface area contributed by atoms with Crippen molar-refractivity contribution in [2.24, 2.45) is 5.41 Å². The lowest BCUT2D eigenvalue weighted by molar-refractivity contribution is -0.151. The number of fused-ring (bicyclic) bond motifs is 3. The van der Waals surface area contributed by atoms with Crippen LogP contribution >= 0.6 is 0 Å². The van der Waals surface area contributed by atoms with E-state index in [0.717, 1.165) is 0 Å². The Morgan fingerprint density at radius 1 is 1.14 bits per heavy atom. The minimum Gasteiger partial charge on any atom is -0.469 e. The van der Waals surface area contributed by atoms with Gasteiger partial charge in [0, 0.05) is 25.4 Å². The zero-order valence-corrected chi connectivity index (χ0v) is 16.4. The van der Waals surface area contributed by atoms with E-state index in [0.29, 0.717) is 13.0 Å². The largest absolute Gasteiger partial charge is 0.469 e. The Morgan fingerprint density at radius 2 is 1.76 bits per heavy atom. The number of likely N-dealkylation sites (tertiary alicyclic amines) is 1. The smallest absolute Gasteiger partial charge is 0.409 e. The number of ether oxygens (including phenoxy) is 2. The molecule has 4 rings (SSSR count). The third-order valence-electron chi connectivity index (χ3n) is 6.01. The molecule has 1 unspecified atom stereocenters. The highest BCUT2D eigenvalue weighted by atomic mass is 16.6. The van der Waals surface area contributed by atoms with Crippen LogP contribution in [0.1, 0.15) is 29.9 Å². The van der Waals surface area contributed by atoms with E-state index in [4.69, 9.17) is 15.9 Å². The maximum Gasteiger partial charge on any atom is 0.409 e. The number of amides is 1. The molecule has 0 radical (unpaired) electrons. The SMILES string of the molecule is C#CCC1(C(=O)OC)CCN(C(=O)OCC2c3ccccc3-c3ccccc32)C1. The number of esters is 1. The summed E-state index contributed by atoms with van der Waals surface area (Å²) in [6, 6.07) is 16.4. The summed E-state index contributed by atoms with van der Waals surface area (Å²) in [5, 5.41) is 0. The lowest BCUT2D eigenvalue weighted by atomic mass is 9.84. The van der Waals surface area contributed by atoms with Crippen LogP contribution in [-0.4, -0.2) is 43.8 Å². The molecule has 2 aromatic carbocycles. The first kappa shape index (κ1) is 19.1. The predicted molar refractivity (Wildman–Crippen MR) is 109 cm³/mol. The van der Waals surface area contributed by atoms with Crippen molar-refractivity contribution in [1.29, 1.82) is 0 Å². The van der Waals surface area contributed by atoms with Gasteiger partial charge in [-0.3, -0.25) is 4.79 Å². The first-order valence-corrected chi connectivity index (χ1v) is 9.71. The van der Waals surface area contributed by atoms with Gasteiger partial charge in [0.2, 0.25) is 0 Å². The molecule has 148 valence electrons. The summed E-state index contributed by atoms with van der Waals surface area (Å²) in [7, 11) is 1.34. The van der Waals surface area contributed by atoms with E-state index < -0.39 is 11.5 Å². The first-order valence-electron chi connectivity index (χ1n) is 9.71. The fraction of sp³-hybridized carbons (Fsp3) is 0.333. The average Bonchev–Trinajstić information content (AvgIpc) is 3.32. The average molecular weight is 389 g/mol. The Balaban J connectivity index is 1.47. The van der Waals surface area contributed by atoms with E-state index in [1.807, 2.05) is 24.3 Å². The Labute approximate surface area is 170 Å². The fourth-order valence-corrected chi connectivity index (χ4v) is 4.51. The number of methoxy groups -OCH3 is 1. The molecule has 0 N–H and O–H groups in total. The maximum atomic E-state index is 12.7. The summed E-state index contributed by atoms with van der Waals surface area (Å²) >= 11 is 0. The zero-order chi connectivity index (χ0) is 20.4. The molecule has 1 fully saturated rings. The van der Waals surface area contributed by atoms with Crippen LogP contribution in [0.2, 0.25) is 0 Å². The van der Waals surface area contributed by atoms with Gasteiger partial charge in [-0.15, -0.1) is 12.3 Å². The van der Waals surface area contributed by atoms with Crippen LogP contribution in [-0.2, 0) is 14.3 Å². The minimum absolute atomic E-state index is 0.00465. The molecule has 2 aliphatic rings. The van der Waals surface area contributed by atoms with Crippen LogP contribution in [0, 0.1) is 17.8 Å². The van der Waals surface area contributed by atoms with Gasteiger partial charge in [0.15, 0.2) is 0 Å². The summed E-state index contributed by atoms with van der Waals surface area (Å²) in [5.41, 5.74) is 3.86. The molecule has 0 saturated carbocycles. The molecule has 5 heteroatoms. The van der Waals surface area contributed by atoms with Crippen LogP contribution in [0.5, 0.6) is 0 Å². The third kappa shape index (κ3) is 3.25. The normalized spacial score (nSPS) is 19.9. The molecule has 5 nitrogen and oxygen atoms in total. The van der Waals surface area contributed by atoms with Crippen LogP contribution in [0.4, 0.5) is 4.79 Å². The summed E-state index contributed by atoms with van der Waals surface area (Å²) in [6.45, 7) is 0.901. The number of nitrogens with zero attached hydrogens (tertiary/aromatic N) is 1. The van der Waals surface area contributed by atoms with Crippen LogP contribution < -0.4 is 0 Å². The van der Waals surface area contributed by atoms with Crippen LogP contribution in [0.3, 0.4) is 0 Å². The molecule has 1 aliphatic heterocycles. The third-order valence-corrected chi connectivity index (χ3v) is 6.01. The molecule has 0 spiro atoms. The van der Waals surface area contributed by atoms with Crippen molar-refractivity contribution in [3.05, 3.63) is 59.7 Å². The number of carbonyl (C=O) groups is 2. The molecule has 1 atom stereocenters. The second-order valence-electron chi connectivity index (χ2n) is 7.63. The standard InChI is InChI=1S/C24H23NO4/c1-3-12-24(22(26)28-2)13-14-25(16-24)23(27)29-15-21-19-10-6-4-8-17(19)18-9-5-7-11-20(18)21/h1,4-11,21H,12-16H2,2H3. The number of rotatable bonds is 4. The van der Waals surface area contributed by atoms with Gasteiger partial charge in [0.05, 0.1) is 12.5 Å². The number of carbonyl (C=O) groups excluding carboxylic acids is 2. The number of hydrogen-bond acceptors (Lipinski definition) is 4. The summed E-state index contributed by atoms with van der Waals surface area (Å²) in [6.07, 6.45) is 5.75. The highest BCUT2D eigenvalue weighted by molar-refractivity contribution is 5.80. The number of hydrogen-bond donors (Lipinski definition) is 0. The Morgan fingerprint density at radius 3 is 2.34 bits per heavy atom. The van der Waals surface area contributed by atoms with Crippen molar-refractivity contribution in [1.82, 2.24) is 4.90 Å². The second-order valence-corrected chi connectivity index (χ2v) is 7.63. The van der Waals surface area contributed by atoms with Gasteiger partial charge in [-0.05, 0) is 28.7 Å². The lowest BCUT2D eigenvalue weighted by Crippen LogP contribution is -2.38. The molecule has 1 aliphatic carbocycles. The van der Waals surface area contributed by atoms with Gasteiger partial charge >= 0.3 is 12.1 Å².